The predicted octanol–water partition coefficient (Wildman–Crippen LogP) is 3.95. The number of esters is 1. The second-order valence-electron chi connectivity index (χ2n) is 7.63. The smallest absolute Gasteiger partial charge is 0.305 e. The highest BCUT2D eigenvalue weighted by atomic mass is 16.5. The van der Waals surface area contributed by atoms with Gasteiger partial charge >= 0.3 is 5.97 Å². The fourth-order valence-electron chi connectivity index (χ4n) is 3.77. The summed E-state index contributed by atoms with van der Waals surface area (Å²) in [6.45, 7) is 4.36. The predicted molar refractivity (Wildman–Crippen MR) is 106 cm³/mol. The van der Waals surface area contributed by atoms with E-state index in [2.05, 4.69) is 6.92 Å². The molecule has 0 aromatic carbocycles. The summed E-state index contributed by atoms with van der Waals surface area (Å²) in [5.41, 5.74) is 0. The van der Waals surface area contributed by atoms with Crippen molar-refractivity contribution in [1.82, 2.24) is 0 Å². The zero-order valence-electron chi connectivity index (χ0n) is 17.1. The van der Waals surface area contributed by atoms with E-state index in [9.17, 15) is 19.8 Å². The van der Waals surface area contributed by atoms with Crippen LogP contribution in [0.3, 0.4) is 0 Å². The first-order chi connectivity index (χ1) is 13.0. The van der Waals surface area contributed by atoms with Crippen LogP contribution in [0.4, 0.5) is 0 Å². The van der Waals surface area contributed by atoms with E-state index in [0.29, 0.717) is 13.0 Å². The van der Waals surface area contributed by atoms with E-state index in [1.807, 2.05) is 6.08 Å². The molecule has 0 heterocycles. The molecule has 0 aromatic rings. The Balaban J connectivity index is 2.34. The average molecular weight is 383 g/mol. The van der Waals surface area contributed by atoms with Gasteiger partial charge in [-0.3, -0.25) is 9.59 Å². The molecule has 1 aliphatic carbocycles. The summed E-state index contributed by atoms with van der Waals surface area (Å²) in [4.78, 5) is 23.5. The SMILES string of the molecule is CCCCC[C@H](O)/C=C/[C@@H]1C(CCCCCCC(=O)OCC)C(=O)C[C@H]1O. The molecule has 0 aliphatic heterocycles. The van der Waals surface area contributed by atoms with E-state index in [0.717, 1.165) is 57.8 Å². The van der Waals surface area contributed by atoms with E-state index in [1.165, 1.54) is 0 Å². The molecule has 1 rings (SSSR count). The first-order valence-corrected chi connectivity index (χ1v) is 10.7. The summed E-state index contributed by atoms with van der Waals surface area (Å²) in [5, 5.41) is 20.2. The molecule has 5 heteroatoms. The van der Waals surface area contributed by atoms with Crippen LogP contribution >= 0.6 is 0 Å². The van der Waals surface area contributed by atoms with E-state index in [1.54, 1.807) is 13.0 Å². The Labute approximate surface area is 164 Å². The molecule has 0 spiro atoms. The molecular weight excluding hydrogens is 344 g/mol. The highest BCUT2D eigenvalue weighted by Crippen LogP contribution is 2.34. The van der Waals surface area contributed by atoms with Crippen molar-refractivity contribution in [3.05, 3.63) is 12.2 Å². The first kappa shape index (κ1) is 23.8. The maximum absolute atomic E-state index is 12.2. The molecule has 0 saturated heterocycles. The van der Waals surface area contributed by atoms with Crippen molar-refractivity contribution in [3.63, 3.8) is 0 Å². The van der Waals surface area contributed by atoms with Gasteiger partial charge in [-0.15, -0.1) is 0 Å². The summed E-state index contributed by atoms with van der Waals surface area (Å²) in [6, 6.07) is 0. The second-order valence-corrected chi connectivity index (χ2v) is 7.63. The standard InChI is InChI=1S/C22H38O5/c1-3-5-8-11-17(23)14-15-19-18(20(24)16-21(19)25)12-9-6-7-10-13-22(26)27-4-2/h14-15,17-19,21,23,25H,3-13,16H2,1-2H3/b15-14+/t17-,18?,19+,21+/m0/s1. The molecule has 5 nitrogen and oxygen atoms in total. The molecule has 1 saturated carbocycles. The minimum Gasteiger partial charge on any atom is -0.466 e. The number of aliphatic hydroxyl groups is 2. The Bertz CT molecular complexity index is 460. The van der Waals surface area contributed by atoms with Crippen LogP contribution in [0.2, 0.25) is 0 Å². The van der Waals surface area contributed by atoms with Crippen molar-refractivity contribution in [2.24, 2.45) is 11.8 Å². The molecule has 156 valence electrons. The number of ether oxygens (including phenoxy) is 1. The zero-order chi connectivity index (χ0) is 20.1. The quantitative estimate of drug-likeness (QED) is 0.270. The molecule has 1 fully saturated rings. The summed E-state index contributed by atoms with van der Waals surface area (Å²) >= 11 is 0. The van der Waals surface area contributed by atoms with E-state index >= 15 is 0 Å². The average Bonchev–Trinajstić information content (AvgIpc) is 2.89. The van der Waals surface area contributed by atoms with E-state index < -0.39 is 12.2 Å². The first-order valence-electron chi connectivity index (χ1n) is 10.7. The van der Waals surface area contributed by atoms with Gasteiger partial charge in [0.05, 0.1) is 18.8 Å². The van der Waals surface area contributed by atoms with Crippen LogP contribution in [-0.4, -0.2) is 40.8 Å². The van der Waals surface area contributed by atoms with Crippen molar-refractivity contribution in [2.45, 2.75) is 96.7 Å². The van der Waals surface area contributed by atoms with Crippen LogP contribution < -0.4 is 0 Å². The number of aliphatic hydroxyl groups excluding tert-OH is 2. The van der Waals surface area contributed by atoms with Crippen LogP contribution in [0.1, 0.15) is 84.5 Å². The lowest BCUT2D eigenvalue weighted by Crippen LogP contribution is -2.19. The van der Waals surface area contributed by atoms with Crippen LogP contribution in [0.5, 0.6) is 0 Å². The molecule has 0 bridgehead atoms. The van der Waals surface area contributed by atoms with Gasteiger partial charge in [-0.05, 0) is 26.2 Å². The maximum Gasteiger partial charge on any atom is 0.305 e. The highest BCUT2D eigenvalue weighted by Gasteiger charge is 2.39. The third kappa shape index (κ3) is 9.52. The van der Waals surface area contributed by atoms with Gasteiger partial charge < -0.3 is 14.9 Å². The van der Waals surface area contributed by atoms with Crippen molar-refractivity contribution in [1.29, 1.82) is 0 Å². The number of Topliss-reactive ketones (excluding diaryl/α,β-unsaturated/α-hetero) is 1. The molecule has 27 heavy (non-hydrogen) atoms. The Morgan fingerprint density at radius 3 is 2.63 bits per heavy atom. The van der Waals surface area contributed by atoms with Gasteiger partial charge in [0.1, 0.15) is 5.78 Å². The molecule has 0 amide bonds. The van der Waals surface area contributed by atoms with Crippen molar-refractivity contribution < 1.29 is 24.5 Å². The van der Waals surface area contributed by atoms with E-state index in [4.69, 9.17) is 4.74 Å². The van der Waals surface area contributed by atoms with Gasteiger partial charge in [-0.1, -0.05) is 57.6 Å². The largest absolute Gasteiger partial charge is 0.466 e. The van der Waals surface area contributed by atoms with Crippen LogP contribution in [0, 0.1) is 11.8 Å². The monoisotopic (exact) mass is 382 g/mol. The van der Waals surface area contributed by atoms with Gasteiger partial charge in [0.25, 0.3) is 0 Å². The minimum atomic E-state index is -0.634. The number of ketones is 1. The number of carbonyl (C=O) groups is 2. The van der Waals surface area contributed by atoms with Crippen LogP contribution in [0.15, 0.2) is 12.2 Å². The molecule has 0 aromatic heterocycles. The third-order valence-corrected chi connectivity index (χ3v) is 5.34. The lowest BCUT2D eigenvalue weighted by atomic mass is 9.88. The van der Waals surface area contributed by atoms with Crippen molar-refractivity contribution in [2.75, 3.05) is 6.61 Å². The Morgan fingerprint density at radius 1 is 1.19 bits per heavy atom. The van der Waals surface area contributed by atoms with Crippen LogP contribution in [-0.2, 0) is 14.3 Å². The summed E-state index contributed by atoms with van der Waals surface area (Å²) in [7, 11) is 0. The van der Waals surface area contributed by atoms with Crippen LogP contribution in [0.25, 0.3) is 0 Å². The number of rotatable bonds is 14. The number of hydrogen-bond donors (Lipinski definition) is 2. The number of unbranched alkanes of at least 4 members (excludes halogenated alkanes) is 5. The van der Waals surface area contributed by atoms with Gasteiger partial charge in [0.15, 0.2) is 0 Å². The topological polar surface area (TPSA) is 83.8 Å². The molecule has 1 unspecified atom stereocenters. The number of carbonyl (C=O) groups excluding carboxylic acids is 2. The Kier molecular flexibility index (Phi) is 12.3. The Hall–Kier alpha value is -1.20. The van der Waals surface area contributed by atoms with Gasteiger partial charge in [-0.25, -0.2) is 0 Å². The summed E-state index contributed by atoms with van der Waals surface area (Å²) in [5.74, 6) is -0.347. The molecule has 1 aliphatic rings. The highest BCUT2D eigenvalue weighted by molar-refractivity contribution is 5.84. The summed E-state index contributed by atoms with van der Waals surface area (Å²) < 4.78 is 4.91. The normalized spacial score (nSPS) is 23.9. The maximum atomic E-state index is 12.2. The van der Waals surface area contributed by atoms with Gasteiger partial charge in [0.2, 0.25) is 0 Å². The lowest BCUT2D eigenvalue weighted by Gasteiger charge is -2.18. The fourth-order valence-corrected chi connectivity index (χ4v) is 3.77. The van der Waals surface area contributed by atoms with Crippen molar-refractivity contribution in [3.8, 4) is 0 Å². The molecule has 0 radical (unpaired) electrons. The Morgan fingerprint density at radius 2 is 1.93 bits per heavy atom. The number of hydrogen-bond acceptors (Lipinski definition) is 5. The van der Waals surface area contributed by atoms with Gasteiger partial charge in [0, 0.05) is 24.7 Å². The third-order valence-electron chi connectivity index (χ3n) is 5.34. The van der Waals surface area contributed by atoms with Gasteiger partial charge in [-0.2, -0.15) is 0 Å². The molecule has 4 atom stereocenters. The lowest BCUT2D eigenvalue weighted by molar-refractivity contribution is -0.143. The minimum absolute atomic E-state index is 0.129. The molecule has 2 N–H and O–H groups in total. The zero-order valence-corrected chi connectivity index (χ0v) is 17.1. The van der Waals surface area contributed by atoms with E-state index in [-0.39, 0.29) is 30.0 Å². The van der Waals surface area contributed by atoms with Crippen molar-refractivity contribution >= 4 is 11.8 Å². The second kappa shape index (κ2) is 13.9. The summed E-state index contributed by atoms with van der Waals surface area (Å²) in [6.07, 6.45) is 11.5. The molecular formula is C22H38O5. The fraction of sp³-hybridized carbons (Fsp3) is 0.818.